The number of Topliss-reactive ketones (excluding diaryl/α,β-unsaturated/α-hetero) is 2. The lowest BCUT2D eigenvalue weighted by atomic mass is 9.73. The molecule has 1 amide bonds. The number of hydrogen-bond acceptors (Lipinski definition) is 7. The number of hydrogen-bond donors (Lipinski definition) is 2. The number of anilines is 1. The molecule has 9 nitrogen and oxygen atoms in total. The lowest BCUT2D eigenvalue weighted by Crippen LogP contribution is -2.40. The van der Waals surface area contributed by atoms with Crippen LogP contribution >= 0.6 is 0 Å². The number of allylic oxidation sites excluding steroid dienone is 2. The lowest BCUT2D eigenvalue weighted by molar-refractivity contribution is -0.113. The standard InChI is InChI=1S/C26H24N4O5/c1-4-34-18-8-6-7-14-19(18)22(32)20-17(21(14)31)11-16(13(3)23(20)35-5-2)26(33)30-25-15-9-10-27-24(15)28-12-29-25/h6-13,23H,4-5H2,1-3H3,(H2,27,28,29,30,33). The molecule has 2 aliphatic carbocycles. The van der Waals surface area contributed by atoms with Gasteiger partial charge in [0.25, 0.3) is 5.91 Å². The summed E-state index contributed by atoms with van der Waals surface area (Å²) in [6.07, 6.45) is 3.81. The Hall–Kier alpha value is -4.11. The number of rotatable bonds is 6. The highest BCUT2D eigenvalue weighted by molar-refractivity contribution is 6.30. The molecule has 2 unspecified atom stereocenters. The van der Waals surface area contributed by atoms with Crippen molar-refractivity contribution < 1.29 is 23.9 Å². The van der Waals surface area contributed by atoms with Crippen LogP contribution in [0.15, 0.2) is 59.6 Å². The number of benzene rings is 1. The monoisotopic (exact) mass is 472 g/mol. The summed E-state index contributed by atoms with van der Waals surface area (Å²) in [5.74, 6) is -0.860. The number of aromatic nitrogens is 3. The van der Waals surface area contributed by atoms with Crippen LogP contribution in [0.5, 0.6) is 5.75 Å². The summed E-state index contributed by atoms with van der Waals surface area (Å²) >= 11 is 0. The van der Waals surface area contributed by atoms with Crippen molar-refractivity contribution in [3.05, 3.63) is 70.7 Å². The first-order valence-corrected chi connectivity index (χ1v) is 11.5. The summed E-state index contributed by atoms with van der Waals surface area (Å²) in [6, 6.07) is 6.73. The van der Waals surface area contributed by atoms with Crippen LogP contribution in [0.4, 0.5) is 5.82 Å². The molecule has 0 saturated carbocycles. The summed E-state index contributed by atoms with van der Waals surface area (Å²) in [5, 5.41) is 3.49. The number of carbonyl (C=O) groups is 3. The fourth-order valence-electron chi connectivity index (χ4n) is 4.71. The fourth-order valence-corrected chi connectivity index (χ4v) is 4.71. The number of aromatic amines is 1. The van der Waals surface area contributed by atoms with Gasteiger partial charge in [0.2, 0.25) is 0 Å². The maximum absolute atomic E-state index is 13.7. The maximum Gasteiger partial charge on any atom is 0.253 e. The van der Waals surface area contributed by atoms with E-state index in [0.29, 0.717) is 41.4 Å². The molecule has 0 fully saturated rings. The van der Waals surface area contributed by atoms with E-state index in [9.17, 15) is 14.4 Å². The molecule has 0 spiro atoms. The van der Waals surface area contributed by atoms with E-state index in [2.05, 4.69) is 20.3 Å². The number of H-pyrrole nitrogens is 1. The molecule has 35 heavy (non-hydrogen) atoms. The Bertz CT molecular complexity index is 1430. The minimum atomic E-state index is -0.766. The van der Waals surface area contributed by atoms with Crippen LogP contribution in [-0.2, 0) is 9.53 Å². The number of amides is 1. The highest BCUT2D eigenvalue weighted by atomic mass is 16.5. The molecule has 2 heterocycles. The van der Waals surface area contributed by atoms with Crippen LogP contribution in [0.1, 0.15) is 41.5 Å². The average Bonchev–Trinajstić information content (AvgIpc) is 3.34. The van der Waals surface area contributed by atoms with Crippen LogP contribution < -0.4 is 10.1 Å². The third-order valence-corrected chi connectivity index (χ3v) is 6.30. The number of ketones is 2. The molecule has 0 radical (unpaired) electrons. The zero-order valence-electron chi connectivity index (χ0n) is 19.5. The zero-order chi connectivity index (χ0) is 24.7. The molecule has 2 aromatic heterocycles. The smallest absolute Gasteiger partial charge is 0.253 e. The molecular weight excluding hydrogens is 448 g/mol. The Kier molecular flexibility index (Phi) is 5.78. The summed E-state index contributed by atoms with van der Waals surface area (Å²) in [7, 11) is 0. The van der Waals surface area contributed by atoms with E-state index in [4.69, 9.17) is 9.47 Å². The molecule has 178 valence electrons. The van der Waals surface area contributed by atoms with Gasteiger partial charge >= 0.3 is 0 Å². The molecule has 9 heteroatoms. The summed E-state index contributed by atoms with van der Waals surface area (Å²) in [5.41, 5.74) is 1.85. The first kappa shape index (κ1) is 22.7. The zero-order valence-corrected chi connectivity index (χ0v) is 19.5. The van der Waals surface area contributed by atoms with Gasteiger partial charge in [-0.05, 0) is 32.1 Å². The van der Waals surface area contributed by atoms with Gasteiger partial charge in [-0.15, -0.1) is 0 Å². The summed E-state index contributed by atoms with van der Waals surface area (Å²) in [6.45, 7) is 6.10. The van der Waals surface area contributed by atoms with Gasteiger partial charge in [0.15, 0.2) is 11.6 Å². The van der Waals surface area contributed by atoms with Gasteiger partial charge in [-0.25, -0.2) is 9.97 Å². The number of nitrogens with zero attached hydrogens (tertiary/aromatic N) is 2. The van der Waals surface area contributed by atoms with E-state index in [0.717, 1.165) is 0 Å². The lowest BCUT2D eigenvalue weighted by Gasteiger charge is -2.34. The quantitative estimate of drug-likeness (QED) is 0.561. The van der Waals surface area contributed by atoms with Crippen molar-refractivity contribution in [2.45, 2.75) is 26.9 Å². The molecule has 2 atom stereocenters. The van der Waals surface area contributed by atoms with E-state index in [-0.39, 0.29) is 33.8 Å². The average molecular weight is 473 g/mol. The minimum absolute atomic E-state index is 0.173. The van der Waals surface area contributed by atoms with Crippen molar-refractivity contribution in [2.24, 2.45) is 5.92 Å². The number of ether oxygens (including phenoxy) is 2. The highest BCUT2D eigenvalue weighted by Crippen LogP contribution is 2.41. The van der Waals surface area contributed by atoms with Crippen LogP contribution in [0.2, 0.25) is 0 Å². The van der Waals surface area contributed by atoms with Gasteiger partial charge in [-0.1, -0.05) is 19.1 Å². The minimum Gasteiger partial charge on any atom is -0.493 e. The Morgan fingerprint density at radius 2 is 1.94 bits per heavy atom. The Morgan fingerprint density at radius 1 is 1.11 bits per heavy atom. The predicted molar refractivity (Wildman–Crippen MR) is 128 cm³/mol. The molecular formula is C26H24N4O5. The van der Waals surface area contributed by atoms with Crippen molar-refractivity contribution >= 4 is 34.3 Å². The molecule has 3 aromatic rings. The van der Waals surface area contributed by atoms with Crippen molar-refractivity contribution in [1.82, 2.24) is 15.0 Å². The Balaban J connectivity index is 1.59. The van der Waals surface area contributed by atoms with E-state index in [1.807, 2.05) is 20.8 Å². The molecule has 2 N–H and O–H groups in total. The first-order valence-electron chi connectivity index (χ1n) is 11.5. The topological polar surface area (TPSA) is 123 Å². The summed E-state index contributed by atoms with van der Waals surface area (Å²) < 4.78 is 11.6. The predicted octanol–water partition coefficient (Wildman–Crippen LogP) is 3.65. The molecule has 0 aliphatic heterocycles. The normalized spacial score (nSPS) is 19.3. The fraction of sp³-hybridized carbons (Fsp3) is 0.269. The number of fused-ring (bicyclic) bond motifs is 2. The van der Waals surface area contributed by atoms with E-state index in [1.165, 1.54) is 12.4 Å². The largest absolute Gasteiger partial charge is 0.493 e. The van der Waals surface area contributed by atoms with Gasteiger partial charge in [-0.2, -0.15) is 0 Å². The van der Waals surface area contributed by atoms with Gasteiger partial charge < -0.3 is 19.8 Å². The number of nitrogens with one attached hydrogen (secondary N) is 2. The van der Waals surface area contributed by atoms with Crippen molar-refractivity contribution in [2.75, 3.05) is 18.5 Å². The Morgan fingerprint density at radius 3 is 2.71 bits per heavy atom. The second-order valence-corrected chi connectivity index (χ2v) is 8.28. The first-order chi connectivity index (χ1) is 17.0. The number of carbonyl (C=O) groups excluding carboxylic acids is 3. The van der Waals surface area contributed by atoms with E-state index < -0.39 is 17.9 Å². The van der Waals surface area contributed by atoms with Gasteiger partial charge in [-0.3, -0.25) is 14.4 Å². The molecule has 0 bridgehead atoms. The van der Waals surface area contributed by atoms with Crippen molar-refractivity contribution in [3.8, 4) is 5.75 Å². The molecule has 1 aromatic carbocycles. The maximum atomic E-state index is 13.7. The van der Waals surface area contributed by atoms with Gasteiger partial charge in [0.05, 0.1) is 23.7 Å². The Labute approximate surface area is 201 Å². The van der Waals surface area contributed by atoms with Crippen LogP contribution in [-0.4, -0.2) is 51.7 Å². The second-order valence-electron chi connectivity index (χ2n) is 8.28. The molecule has 2 aliphatic rings. The van der Waals surface area contributed by atoms with Gasteiger partial charge in [0, 0.05) is 41.0 Å². The highest BCUT2D eigenvalue weighted by Gasteiger charge is 2.44. The van der Waals surface area contributed by atoms with Crippen LogP contribution in [0.3, 0.4) is 0 Å². The van der Waals surface area contributed by atoms with Crippen LogP contribution in [0.25, 0.3) is 11.0 Å². The third kappa shape index (κ3) is 3.64. The van der Waals surface area contributed by atoms with Gasteiger partial charge in [0.1, 0.15) is 23.5 Å². The van der Waals surface area contributed by atoms with Crippen molar-refractivity contribution in [3.63, 3.8) is 0 Å². The summed E-state index contributed by atoms with van der Waals surface area (Å²) in [4.78, 5) is 51.9. The molecule has 5 rings (SSSR count). The SMILES string of the molecule is CCOc1cccc2c1C(=O)C1=C(C=C(C(=O)Nc3ncnc4[nH]ccc34)C(C)C1OCC)C2=O. The van der Waals surface area contributed by atoms with E-state index >= 15 is 0 Å². The third-order valence-electron chi connectivity index (χ3n) is 6.30. The van der Waals surface area contributed by atoms with Crippen molar-refractivity contribution in [1.29, 1.82) is 0 Å². The van der Waals surface area contributed by atoms with Crippen LogP contribution in [0, 0.1) is 5.92 Å². The second kappa shape index (κ2) is 8.92. The molecule has 0 saturated heterocycles. The van der Waals surface area contributed by atoms with E-state index in [1.54, 1.807) is 30.5 Å².